The van der Waals surface area contributed by atoms with E-state index in [1.54, 1.807) is 0 Å². The van der Waals surface area contributed by atoms with Gasteiger partial charge in [-0.1, -0.05) is 24.3 Å². The SMILES string of the molecule is C[Si](C)(C)O[C@H]1c2ccccc2C[C@@H](C#N)[C@@H]1C#N. The van der Waals surface area contributed by atoms with Crippen molar-refractivity contribution >= 4 is 8.32 Å². The van der Waals surface area contributed by atoms with Crippen molar-refractivity contribution in [3.8, 4) is 12.1 Å². The van der Waals surface area contributed by atoms with Crippen LogP contribution in [0.1, 0.15) is 17.2 Å². The Balaban J connectivity index is 2.46. The van der Waals surface area contributed by atoms with Gasteiger partial charge in [-0.25, -0.2) is 0 Å². The van der Waals surface area contributed by atoms with Crippen LogP contribution in [0.5, 0.6) is 0 Å². The predicted molar refractivity (Wildman–Crippen MR) is 75.5 cm³/mol. The first-order chi connectivity index (χ1) is 8.96. The molecule has 3 atom stereocenters. The summed E-state index contributed by atoms with van der Waals surface area (Å²) in [5.74, 6) is -0.645. The van der Waals surface area contributed by atoms with Crippen LogP contribution in [0.15, 0.2) is 24.3 Å². The van der Waals surface area contributed by atoms with E-state index in [9.17, 15) is 10.5 Å². The zero-order valence-electron chi connectivity index (χ0n) is 11.6. The molecule has 0 N–H and O–H groups in total. The monoisotopic (exact) mass is 270 g/mol. The van der Waals surface area contributed by atoms with E-state index < -0.39 is 8.32 Å². The van der Waals surface area contributed by atoms with Gasteiger partial charge in [-0.3, -0.25) is 0 Å². The molecule has 2 rings (SSSR count). The lowest BCUT2D eigenvalue weighted by molar-refractivity contribution is 0.122. The van der Waals surface area contributed by atoms with Crippen molar-refractivity contribution in [2.24, 2.45) is 11.8 Å². The van der Waals surface area contributed by atoms with Crippen molar-refractivity contribution in [2.45, 2.75) is 32.2 Å². The van der Waals surface area contributed by atoms with Crippen LogP contribution in [-0.2, 0) is 10.8 Å². The van der Waals surface area contributed by atoms with Crippen molar-refractivity contribution in [1.82, 2.24) is 0 Å². The fraction of sp³-hybridized carbons (Fsp3) is 0.467. The number of fused-ring (bicyclic) bond motifs is 1. The molecular weight excluding hydrogens is 252 g/mol. The highest BCUT2D eigenvalue weighted by atomic mass is 28.4. The lowest BCUT2D eigenvalue weighted by Gasteiger charge is -2.36. The molecule has 3 nitrogen and oxygen atoms in total. The Morgan fingerprint density at radius 2 is 1.84 bits per heavy atom. The zero-order valence-corrected chi connectivity index (χ0v) is 12.6. The smallest absolute Gasteiger partial charge is 0.184 e. The molecule has 0 radical (unpaired) electrons. The Hall–Kier alpha value is -1.62. The van der Waals surface area contributed by atoms with Crippen LogP contribution < -0.4 is 0 Å². The molecule has 0 saturated carbocycles. The largest absolute Gasteiger partial charge is 0.409 e. The van der Waals surface area contributed by atoms with Crippen molar-refractivity contribution in [3.05, 3.63) is 35.4 Å². The van der Waals surface area contributed by atoms with Gasteiger partial charge < -0.3 is 4.43 Å². The molecular formula is C15H18N2OSi. The maximum atomic E-state index is 9.42. The number of hydrogen-bond acceptors (Lipinski definition) is 3. The number of benzene rings is 1. The topological polar surface area (TPSA) is 56.8 Å². The van der Waals surface area contributed by atoms with Gasteiger partial charge in [0.15, 0.2) is 8.32 Å². The van der Waals surface area contributed by atoms with Gasteiger partial charge in [-0.15, -0.1) is 0 Å². The van der Waals surface area contributed by atoms with E-state index in [4.69, 9.17) is 4.43 Å². The second-order valence-electron chi connectivity index (χ2n) is 5.94. The molecule has 1 aromatic rings. The Morgan fingerprint density at radius 3 is 2.42 bits per heavy atom. The fourth-order valence-electron chi connectivity index (χ4n) is 2.57. The predicted octanol–water partition coefficient (Wildman–Crippen LogP) is 3.41. The number of nitrogens with zero attached hydrogens (tertiary/aromatic N) is 2. The van der Waals surface area contributed by atoms with Crippen molar-refractivity contribution in [2.75, 3.05) is 0 Å². The zero-order chi connectivity index (χ0) is 14.0. The van der Waals surface area contributed by atoms with Gasteiger partial charge in [-0.05, 0) is 37.2 Å². The van der Waals surface area contributed by atoms with Crippen LogP contribution in [0, 0.1) is 34.5 Å². The lowest BCUT2D eigenvalue weighted by Crippen LogP contribution is -2.36. The van der Waals surface area contributed by atoms with Crippen LogP contribution >= 0.6 is 0 Å². The summed E-state index contributed by atoms with van der Waals surface area (Å²) in [6.07, 6.45) is 0.391. The normalized spacial score (nSPS) is 26.1. The van der Waals surface area contributed by atoms with Gasteiger partial charge >= 0.3 is 0 Å². The van der Waals surface area contributed by atoms with Gasteiger partial charge in [0.2, 0.25) is 0 Å². The minimum absolute atomic E-state index is 0.258. The van der Waals surface area contributed by atoms with Crippen LogP contribution in [0.3, 0.4) is 0 Å². The molecule has 98 valence electrons. The third kappa shape index (κ3) is 2.86. The van der Waals surface area contributed by atoms with Crippen LogP contribution in [-0.4, -0.2) is 8.32 Å². The van der Waals surface area contributed by atoms with Gasteiger partial charge in [-0.2, -0.15) is 10.5 Å². The van der Waals surface area contributed by atoms with E-state index >= 15 is 0 Å². The first kappa shape index (κ1) is 13.8. The van der Waals surface area contributed by atoms with Crippen molar-refractivity contribution in [1.29, 1.82) is 10.5 Å². The highest BCUT2D eigenvalue weighted by Gasteiger charge is 2.39. The van der Waals surface area contributed by atoms with Gasteiger partial charge in [0, 0.05) is 0 Å². The molecule has 1 aliphatic rings. The standard InChI is InChI=1S/C15H18N2OSi/c1-19(2,3)18-15-13-7-5-4-6-11(13)8-12(9-16)14(15)10-17/h4-7,12,14-15H,8H2,1-3H3/t12-,14-,15-/m0/s1. The molecule has 0 aliphatic heterocycles. The van der Waals surface area contributed by atoms with Crippen LogP contribution in [0.2, 0.25) is 19.6 Å². The number of nitriles is 2. The molecule has 0 fully saturated rings. The van der Waals surface area contributed by atoms with Crippen molar-refractivity contribution in [3.63, 3.8) is 0 Å². The molecule has 0 unspecified atom stereocenters. The fourth-order valence-corrected chi connectivity index (χ4v) is 3.60. The van der Waals surface area contributed by atoms with E-state index in [2.05, 4.69) is 31.8 Å². The molecule has 1 aliphatic carbocycles. The van der Waals surface area contributed by atoms with Crippen LogP contribution in [0.4, 0.5) is 0 Å². The Bertz CT molecular complexity index is 550. The first-order valence-corrected chi connectivity index (χ1v) is 9.92. The Morgan fingerprint density at radius 1 is 1.16 bits per heavy atom. The van der Waals surface area contributed by atoms with Gasteiger partial charge in [0.25, 0.3) is 0 Å². The second-order valence-corrected chi connectivity index (χ2v) is 10.4. The van der Waals surface area contributed by atoms with Crippen LogP contribution in [0.25, 0.3) is 0 Å². The maximum absolute atomic E-state index is 9.42. The van der Waals surface area contributed by atoms with E-state index in [0.717, 1.165) is 11.1 Å². The highest BCUT2D eigenvalue weighted by molar-refractivity contribution is 6.69. The minimum Gasteiger partial charge on any atom is -0.409 e. The summed E-state index contributed by atoms with van der Waals surface area (Å²) in [7, 11) is -1.77. The molecule has 0 amide bonds. The maximum Gasteiger partial charge on any atom is 0.184 e. The third-order valence-electron chi connectivity index (χ3n) is 3.36. The first-order valence-electron chi connectivity index (χ1n) is 6.51. The summed E-state index contributed by atoms with van der Waals surface area (Å²) in [5.41, 5.74) is 2.23. The molecule has 0 spiro atoms. The van der Waals surface area contributed by atoms with E-state index in [1.165, 1.54) is 0 Å². The molecule has 0 saturated heterocycles. The molecule has 0 aromatic heterocycles. The summed E-state index contributed by atoms with van der Waals surface area (Å²) in [6.45, 7) is 6.33. The molecule has 19 heavy (non-hydrogen) atoms. The van der Waals surface area contributed by atoms with E-state index in [0.29, 0.717) is 6.42 Å². The quantitative estimate of drug-likeness (QED) is 0.774. The molecule has 1 aromatic carbocycles. The minimum atomic E-state index is -1.77. The summed E-state index contributed by atoms with van der Waals surface area (Å²) in [5, 5.41) is 18.7. The number of hydrogen-bond donors (Lipinski definition) is 0. The average Bonchev–Trinajstić information content (AvgIpc) is 2.36. The third-order valence-corrected chi connectivity index (χ3v) is 4.32. The average molecular weight is 270 g/mol. The van der Waals surface area contributed by atoms with Crippen molar-refractivity contribution < 1.29 is 4.43 Å². The number of rotatable bonds is 2. The lowest BCUT2D eigenvalue weighted by atomic mass is 9.75. The van der Waals surface area contributed by atoms with Gasteiger partial charge in [0.05, 0.1) is 30.1 Å². The van der Waals surface area contributed by atoms with E-state index in [-0.39, 0.29) is 17.9 Å². The Labute approximate surface area is 115 Å². The highest BCUT2D eigenvalue weighted by Crippen LogP contribution is 2.41. The second kappa shape index (κ2) is 5.17. The summed E-state index contributed by atoms with van der Waals surface area (Å²) < 4.78 is 6.21. The van der Waals surface area contributed by atoms with E-state index in [1.807, 2.05) is 24.3 Å². The summed E-state index contributed by atoms with van der Waals surface area (Å²) in [4.78, 5) is 0. The molecule has 0 heterocycles. The molecule has 0 bridgehead atoms. The summed E-state index contributed by atoms with van der Waals surface area (Å²) in [6, 6.07) is 12.6. The summed E-state index contributed by atoms with van der Waals surface area (Å²) >= 11 is 0. The Kier molecular flexibility index (Phi) is 3.75. The molecule has 4 heteroatoms. The van der Waals surface area contributed by atoms with Gasteiger partial charge in [0.1, 0.15) is 0 Å².